The number of carbonyl (C=O) groups excluding carboxylic acids is 1. The Labute approximate surface area is 103 Å². The monoisotopic (exact) mass is 253 g/mol. The highest BCUT2D eigenvalue weighted by molar-refractivity contribution is 7.81. The highest BCUT2D eigenvalue weighted by atomic mass is 32.1. The van der Waals surface area contributed by atoms with E-state index in [0.29, 0.717) is 18.7 Å². The predicted molar refractivity (Wildman–Crippen MR) is 67.3 cm³/mol. The number of carbonyl (C=O) groups is 1. The highest BCUT2D eigenvalue weighted by Crippen LogP contribution is 2.34. The van der Waals surface area contributed by atoms with E-state index in [9.17, 15) is 14.9 Å². The molecule has 1 aromatic carbocycles. The van der Waals surface area contributed by atoms with Crippen LogP contribution < -0.4 is 10.6 Å². The first kappa shape index (κ1) is 11.7. The van der Waals surface area contributed by atoms with Gasteiger partial charge >= 0.3 is 0 Å². The molecule has 0 radical (unpaired) electrons. The summed E-state index contributed by atoms with van der Waals surface area (Å²) < 4.78 is 0. The lowest BCUT2D eigenvalue weighted by molar-refractivity contribution is -0.383. The third kappa shape index (κ3) is 2.05. The van der Waals surface area contributed by atoms with Crippen LogP contribution in [0.15, 0.2) is 18.2 Å². The van der Waals surface area contributed by atoms with Crippen molar-refractivity contribution in [1.29, 1.82) is 0 Å². The zero-order valence-corrected chi connectivity index (χ0v) is 9.76. The molecule has 1 atom stereocenters. The maximum Gasteiger partial charge on any atom is 0.294 e. The first-order chi connectivity index (χ1) is 8.00. The number of anilines is 2. The van der Waals surface area contributed by atoms with Gasteiger partial charge in [-0.1, -0.05) is 6.07 Å². The van der Waals surface area contributed by atoms with Gasteiger partial charge < -0.3 is 10.6 Å². The third-order valence-electron chi connectivity index (χ3n) is 2.65. The van der Waals surface area contributed by atoms with E-state index in [4.69, 9.17) is 5.73 Å². The van der Waals surface area contributed by atoms with Crippen LogP contribution in [0, 0.1) is 10.1 Å². The predicted octanol–water partition coefficient (Wildman–Crippen LogP) is 1.21. The number of thiol groups is 1. The number of amides is 1. The number of nitrogens with zero attached hydrogens (tertiary/aromatic N) is 2. The summed E-state index contributed by atoms with van der Waals surface area (Å²) in [6, 6.07) is 4.44. The number of nitrogen functional groups attached to an aromatic ring is 1. The Hall–Kier alpha value is -1.76. The van der Waals surface area contributed by atoms with Crippen molar-refractivity contribution in [2.75, 3.05) is 17.2 Å². The number of hydrogen-bond acceptors (Lipinski definition) is 5. The van der Waals surface area contributed by atoms with E-state index < -0.39 is 4.92 Å². The van der Waals surface area contributed by atoms with Crippen molar-refractivity contribution in [2.24, 2.45) is 0 Å². The summed E-state index contributed by atoms with van der Waals surface area (Å²) in [5, 5.41) is 10.7. The van der Waals surface area contributed by atoms with Crippen molar-refractivity contribution in [3.8, 4) is 0 Å². The Morgan fingerprint density at radius 1 is 1.53 bits per heavy atom. The smallest absolute Gasteiger partial charge is 0.294 e. The SMILES string of the molecule is Nc1c(N2CC(S)CC2=O)cccc1[N+](=O)[O-]. The Balaban J connectivity index is 2.43. The maximum atomic E-state index is 11.7. The van der Waals surface area contributed by atoms with Crippen LogP contribution in [0.2, 0.25) is 0 Å². The molecule has 0 aliphatic carbocycles. The summed E-state index contributed by atoms with van der Waals surface area (Å²) in [7, 11) is 0. The van der Waals surface area contributed by atoms with Gasteiger partial charge in [0.25, 0.3) is 5.69 Å². The third-order valence-corrected chi connectivity index (χ3v) is 3.00. The number of nitrogens with two attached hydrogens (primary N) is 1. The molecule has 6 nitrogen and oxygen atoms in total. The summed E-state index contributed by atoms with van der Waals surface area (Å²) in [6.45, 7) is 0.424. The Bertz CT molecular complexity index is 492. The van der Waals surface area contributed by atoms with Crippen LogP contribution in [0.25, 0.3) is 0 Å². The van der Waals surface area contributed by atoms with E-state index >= 15 is 0 Å². The van der Waals surface area contributed by atoms with E-state index in [2.05, 4.69) is 12.6 Å². The summed E-state index contributed by atoms with van der Waals surface area (Å²) in [4.78, 5) is 23.3. The molecular formula is C10H11N3O3S. The molecule has 1 amide bonds. The van der Waals surface area contributed by atoms with Gasteiger partial charge in [-0.15, -0.1) is 0 Å². The molecule has 17 heavy (non-hydrogen) atoms. The van der Waals surface area contributed by atoms with Crippen LogP contribution >= 0.6 is 12.6 Å². The van der Waals surface area contributed by atoms with Gasteiger partial charge in [-0.25, -0.2) is 0 Å². The molecule has 0 saturated carbocycles. The molecule has 2 N–H and O–H groups in total. The zero-order chi connectivity index (χ0) is 12.6. The van der Waals surface area contributed by atoms with Gasteiger partial charge in [0.15, 0.2) is 0 Å². The van der Waals surface area contributed by atoms with Gasteiger partial charge in [-0.2, -0.15) is 12.6 Å². The average molecular weight is 253 g/mol. The fourth-order valence-corrected chi connectivity index (χ4v) is 2.18. The van der Waals surface area contributed by atoms with E-state index in [-0.39, 0.29) is 22.5 Å². The Morgan fingerprint density at radius 3 is 2.76 bits per heavy atom. The number of hydrogen-bond donors (Lipinski definition) is 2. The Kier molecular flexibility index (Phi) is 2.93. The van der Waals surface area contributed by atoms with E-state index in [1.54, 1.807) is 6.07 Å². The number of para-hydroxylation sites is 1. The number of rotatable bonds is 2. The lowest BCUT2D eigenvalue weighted by Crippen LogP contribution is -2.25. The molecule has 2 rings (SSSR count). The molecule has 1 unspecified atom stereocenters. The molecule has 1 aromatic rings. The van der Waals surface area contributed by atoms with Crippen molar-refractivity contribution in [1.82, 2.24) is 0 Å². The second-order valence-corrected chi connectivity index (χ2v) is 4.56. The quantitative estimate of drug-likeness (QED) is 0.359. The van der Waals surface area contributed by atoms with Gasteiger partial charge in [0.1, 0.15) is 5.69 Å². The molecule has 1 aliphatic heterocycles. The lowest BCUT2D eigenvalue weighted by atomic mass is 10.2. The molecule has 7 heteroatoms. The summed E-state index contributed by atoms with van der Waals surface area (Å²) in [5.74, 6) is -0.114. The van der Waals surface area contributed by atoms with Crippen LogP contribution in [0.3, 0.4) is 0 Å². The lowest BCUT2D eigenvalue weighted by Gasteiger charge is -2.17. The van der Waals surface area contributed by atoms with Crippen molar-refractivity contribution < 1.29 is 9.72 Å². The minimum atomic E-state index is -0.558. The fraction of sp³-hybridized carbons (Fsp3) is 0.300. The van der Waals surface area contributed by atoms with Crippen LogP contribution in [0.4, 0.5) is 17.1 Å². The second-order valence-electron chi connectivity index (χ2n) is 3.83. The van der Waals surface area contributed by atoms with Crippen LogP contribution in [-0.2, 0) is 4.79 Å². The number of nitro benzene ring substituents is 1. The van der Waals surface area contributed by atoms with Gasteiger partial charge in [0.05, 0.1) is 10.6 Å². The average Bonchev–Trinajstić information content (AvgIpc) is 2.57. The fourth-order valence-electron chi connectivity index (χ4n) is 1.86. The topological polar surface area (TPSA) is 89.5 Å². The van der Waals surface area contributed by atoms with E-state index in [1.807, 2.05) is 0 Å². The van der Waals surface area contributed by atoms with Crippen molar-refractivity contribution in [2.45, 2.75) is 11.7 Å². The van der Waals surface area contributed by atoms with Gasteiger partial charge in [0, 0.05) is 24.3 Å². The molecule has 0 spiro atoms. The highest BCUT2D eigenvalue weighted by Gasteiger charge is 2.31. The van der Waals surface area contributed by atoms with Gasteiger partial charge in [-0.3, -0.25) is 14.9 Å². The first-order valence-electron chi connectivity index (χ1n) is 5.02. The van der Waals surface area contributed by atoms with E-state index in [0.717, 1.165) is 0 Å². The molecular weight excluding hydrogens is 242 g/mol. The molecule has 1 saturated heterocycles. The van der Waals surface area contributed by atoms with Gasteiger partial charge in [0.2, 0.25) is 5.91 Å². The molecule has 0 bridgehead atoms. The normalized spacial score (nSPS) is 19.7. The standard InChI is InChI=1S/C10H11N3O3S/c11-10-7(2-1-3-8(10)13(15)16)12-5-6(17)4-9(12)14/h1-3,6,17H,4-5,11H2. The molecule has 1 fully saturated rings. The number of nitro groups is 1. The summed E-state index contributed by atoms with van der Waals surface area (Å²) in [5.41, 5.74) is 5.94. The first-order valence-corrected chi connectivity index (χ1v) is 5.53. The van der Waals surface area contributed by atoms with Crippen molar-refractivity contribution >= 4 is 35.6 Å². The van der Waals surface area contributed by atoms with Crippen LogP contribution in [0.1, 0.15) is 6.42 Å². The second kappa shape index (κ2) is 4.25. The van der Waals surface area contributed by atoms with Gasteiger partial charge in [-0.05, 0) is 6.07 Å². The van der Waals surface area contributed by atoms with Crippen LogP contribution in [-0.4, -0.2) is 22.6 Å². The zero-order valence-electron chi connectivity index (χ0n) is 8.87. The van der Waals surface area contributed by atoms with Crippen molar-refractivity contribution in [3.63, 3.8) is 0 Å². The van der Waals surface area contributed by atoms with Crippen LogP contribution in [0.5, 0.6) is 0 Å². The van der Waals surface area contributed by atoms with E-state index in [1.165, 1.54) is 17.0 Å². The molecule has 1 aliphatic rings. The number of benzene rings is 1. The molecule has 1 heterocycles. The Morgan fingerprint density at radius 2 is 2.24 bits per heavy atom. The summed E-state index contributed by atoms with van der Waals surface area (Å²) in [6.07, 6.45) is 0.325. The maximum absolute atomic E-state index is 11.7. The molecule has 0 aromatic heterocycles. The largest absolute Gasteiger partial charge is 0.391 e. The summed E-state index contributed by atoms with van der Waals surface area (Å²) >= 11 is 4.22. The molecule has 90 valence electrons. The van der Waals surface area contributed by atoms with Crippen molar-refractivity contribution in [3.05, 3.63) is 28.3 Å². The minimum absolute atomic E-state index is 0.0216. The minimum Gasteiger partial charge on any atom is -0.391 e.